The van der Waals surface area contributed by atoms with E-state index in [0.29, 0.717) is 30.6 Å². The maximum atomic E-state index is 12.3. The van der Waals surface area contributed by atoms with Crippen molar-refractivity contribution in [1.82, 2.24) is 19.9 Å². The third-order valence-electron chi connectivity index (χ3n) is 5.84. The fourth-order valence-electron chi connectivity index (χ4n) is 3.91. The van der Waals surface area contributed by atoms with Crippen LogP contribution in [0, 0.1) is 11.8 Å². The molecule has 8 nitrogen and oxygen atoms in total. The van der Waals surface area contributed by atoms with Crippen LogP contribution in [-0.4, -0.2) is 46.0 Å². The van der Waals surface area contributed by atoms with Gasteiger partial charge in [0.25, 0.3) is 5.91 Å². The molecular formula is C25H27N5O3. The van der Waals surface area contributed by atoms with Gasteiger partial charge in [-0.25, -0.2) is 9.97 Å². The molecule has 33 heavy (non-hydrogen) atoms. The van der Waals surface area contributed by atoms with Crippen LogP contribution >= 0.6 is 0 Å². The molecule has 0 radical (unpaired) electrons. The van der Waals surface area contributed by atoms with Gasteiger partial charge in [-0.3, -0.25) is 4.79 Å². The van der Waals surface area contributed by atoms with Gasteiger partial charge in [-0.05, 0) is 50.3 Å². The van der Waals surface area contributed by atoms with Crippen LogP contribution in [0.1, 0.15) is 53.6 Å². The number of aromatic nitrogens is 3. The van der Waals surface area contributed by atoms with Crippen LogP contribution in [-0.2, 0) is 16.0 Å². The second-order valence-corrected chi connectivity index (χ2v) is 8.44. The van der Waals surface area contributed by atoms with Crippen molar-refractivity contribution in [2.75, 3.05) is 18.9 Å². The number of hydrogen-bond donors (Lipinski definition) is 2. The second kappa shape index (κ2) is 9.61. The number of nitrogens with two attached hydrogens (primary N) is 1. The van der Waals surface area contributed by atoms with Crippen LogP contribution in [0.25, 0.3) is 11.0 Å². The molecule has 1 aliphatic carbocycles. The Morgan fingerprint density at radius 2 is 2.15 bits per heavy atom. The molecule has 0 bridgehead atoms. The van der Waals surface area contributed by atoms with Crippen molar-refractivity contribution in [2.45, 2.75) is 51.0 Å². The molecular weight excluding hydrogens is 418 g/mol. The van der Waals surface area contributed by atoms with Gasteiger partial charge in [0.2, 0.25) is 0 Å². The lowest BCUT2D eigenvalue weighted by atomic mass is 10.1. The van der Waals surface area contributed by atoms with Gasteiger partial charge >= 0.3 is 0 Å². The van der Waals surface area contributed by atoms with E-state index in [1.165, 1.54) is 6.33 Å². The van der Waals surface area contributed by atoms with E-state index in [0.717, 1.165) is 60.9 Å². The molecule has 1 aromatic carbocycles. The van der Waals surface area contributed by atoms with E-state index in [4.69, 9.17) is 15.2 Å². The van der Waals surface area contributed by atoms with Crippen LogP contribution in [0.3, 0.4) is 0 Å². The lowest BCUT2D eigenvalue weighted by Gasteiger charge is -2.22. The molecule has 3 heterocycles. The minimum atomic E-state index is -0.135. The van der Waals surface area contributed by atoms with Gasteiger partial charge in [-0.15, -0.1) is 0 Å². The minimum absolute atomic E-state index is 0.0580. The number of carbonyl (C=O) groups excluding carboxylic acids is 1. The lowest BCUT2D eigenvalue weighted by Crippen LogP contribution is -2.25. The number of benzene rings is 1. The largest absolute Gasteiger partial charge is 0.383 e. The summed E-state index contributed by atoms with van der Waals surface area (Å²) in [5, 5.41) is 3.73. The molecule has 1 unspecified atom stereocenters. The summed E-state index contributed by atoms with van der Waals surface area (Å²) in [4.78, 5) is 20.9. The molecule has 2 fully saturated rings. The Morgan fingerprint density at radius 1 is 1.24 bits per heavy atom. The van der Waals surface area contributed by atoms with E-state index in [-0.39, 0.29) is 12.2 Å². The maximum absolute atomic E-state index is 12.3. The van der Waals surface area contributed by atoms with Crippen molar-refractivity contribution in [3.63, 3.8) is 0 Å². The first-order chi connectivity index (χ1) is 16.2. The second-order valence-electron chi connectivity index (χ2n) is 8.44. The predicted molar refractivity (Wildman–Crippen MR) is 124 cm³/mol. The van der Waals surface area contributed by atoms with Crippen LogP contribution in [0.4, 0.5) is 5.82 Å². The number of nitrogen functional groups attached to an aromatic ring is 1. The molecule has 5 rings (SSSR count). The van der Waals surface area contributed by atoms with Crippen molar-refractivity contribution in [2.24, 2.45) is 0 Å². The molecule has 1 amide bonds. The summed E-state index contributed by atoms with van der Waals surface area (Å²) in [6.45, 7) is 1.86. The highest BCUT2D eigenvalue weighted by atomic mass is 16.7. The highest BCUT2D eigenvalue weighted by Gasteiger charge is 2.23. The van der Waals surface area contributed by atoms with Gasteiger partial charge < -0.3 is 25.1 Å². The fraction of sp³-hybridized carbons (Fsp3) is 0.400. The standard InChI is InChI=1S/C25H27N5O3/c26-23-22-19(8-7-17-4-3-5-18(14-17)25(31)29-20-9-10-20)15-30(24(22)28-16-27-23)11-13-33-21-6-1-2-12-32-21/h3-5,14-16,20-21H,1-2,6,9-13H2,(H,29,31)(H2,26,27,28). The minimum Gasteiger partial charge on any atom is -0.383 e. The van der Waals surface area contributed by atoms with Crippen LogP contribution < -0.4 is 11.1 Å². The topological polar surface area (TPSA) is 104 Å². The number of hydrogen-bond acceptors (Lipinski definition) is 6. The third-order valence-corrected chi connectivity index (χ3v) is 5.84. The van der Waals surface area contributed by atoms with E-state index in [2.05, 4.69) is 27.1 Å². The maximum Gasteiger partial charge on any atom is 0.251 e. The van der Waals surface area contributed by atoms with E-state index in [1.807, 2.05) is 29.0 Å². The molecule has 2 aromatic heterocycles. The smallest absolute Gasteiger partial charge is 0.251 e. The van der Waals surface area contributed by atoms with Gasteiger partial charge in [0, 0.05) is 36.5 Å². The average molecular weight is 446 g/mol. The number of nitrogens with one attached hydrogen (secondary N) is 1. The molecule has 2 aliphatic rings. The third kappa shape index (κ3) is 5.16. The zero-order valence-corrected chi connectivity index (χ0v) is 18.4. The molecule has 1 aliphatic heterocycles. The Morgan fingerprint density at radius 3 is 2.97 bits per heavy atom. The number of nitrogens with zero attached hydrogens (tertiary/aromatic N) is 3. The summed E-state index contributed by atoms with van der Waals surface area (Å²) in [6, 6.07) is 7.66. The summed E-state index contributed by atoms with van der Waals surface area (Å²) < 4.78 is 13.5. The van der Waals surface area contributed by atoms with E-state index >= 15 is 0 Å². The van der Waals surface area contributed by atoms with Crippen molar-refractivity contribution in [3.05, 3.63) is 53.5 Å². The van der Waals surface area contributed by atoms with Crippen molar-refractivity contribution in [3.8, 4) is 11.8 Å². The van der Waals surface area contributed by atoms with Crippen molar-refractivity contribution >= 4 is 22.8 Å². The molecule has 0 spiro atoms. The molecule has 170 valence electrons. The number of ether oxygens (including phenoxy) is 2. The normalized spacial score (nSPS) is 18.0. The monoisotopic (exact) mass is 445 g/mol. The molecule has 1 saturated carbocycles. The number of carbonyl (C=O) groups is 1. The first-order valence-electron chi connectivity index (χ1n) is 11.4. The lowest BCUT2D eigenvalue weighted by molar-refractivity contribution is -0.163. The summed E-state index contributed by atoms with van der Waals surface area (Å²) in [7, 11) is 0. The van der Waals surface area contributed by atoms with Gasteiger partial charge in [0.15, 0.2) is 6.29 Å². The van der Waals surface area contributed by atoms with Crippen molar-refractivity contribution < 1.29 is 14.3 Å². The van der Waals surface area contributed by atoms with Crippen LogP contribution in [0.15, 0.2) is 36.8 Å². The number of anilines is 1. The Kier molecular flexibility index (Phi) is 6.24. The van der Waals surface area contributed by atoms with Crippen molar-refractivity contribution in [1.29, 1.82) is 0 Å². The number of rotatable bonds is 6. The number of amides is 1. The Balaban J connectivity index is 1.35. The summed E-state index contributed by atoms with van der Waals surface area (Å²) >= 11 is 0. The molecule has 3 N–H and O–H groups in total. The summed E-state index contributed by atoms with van der Waals surface area (Å²) in [5.74, 6) is 6.68. The molecule has 1 atom stereocenters. The fourth-order valence-corrected chi connectivity index (χ4v) is 3.91. The highest BCUT2D eigenvalue weighted by Crippen LogP contribution is 2.24. The van der Waals surface area contributed by atoms with Crippen LogP contribution in [0.2, 0.25) is 0 Å². The molecule has 1 saturated heterocycles. The summed E-state index contributed by atoms with van der Waals surface area (Å²) in [5.41, 5.74) is 8.99. The first-order valence-corrected chi connectivity index (χ1v) is 11.4. The summed E-state index contributed by atoms with van der Waals surface area (Å²) in [6.07, 6.45) is 8.50. The molecule has 3 aromatic rings. The van der Waals surface area contributed by atoms with Gasteiger partial charge in [-0.2, -0.15) is 0 Å². The Labute approximate surface area is 192 Å². The first kappa shape index (κ1) is 21.4. The number of fused-ring (bicyclic) bond motifs is 1. The zero-order chi connectivity index (χ0) is 22.6. The van der Waals surface area contributed by atoms with Gasteiger partial charge in [-0.1, -0.05) is 17.9 Å². The highest BCUT2D eigenvalue weighted by molar-refractivity contribution is 5.95. The quantitative estimate of drug-likeness (QED) is 0.566. The zero-order valence-electron chi connectivity index (χ0n) is 18.4. The average Bonchev–Trinajstić information content (AvgIpc) is 3.58. The van der Waals surface area contributed by atoms with E-state index in [9.17, 15) is 4.79 Å². The van der Waals surface area contributed by atoms with Gasteiger partial charge in [0.05, 0.1) is 17.6 Å². The van der Waals surface area contributed by atoms with Crippen LogP contribution in [0.5, 0.6) is 0 Å². The van der Waals surface area contributed by atoms with E-state index < -0.39 is 0 Å². The van der Waals surface area contributed by atoms with Gasteiger partial charge in [0.1, 0.15) is 17.8 Å². The Hall–Kier alpha value is -3.41. The molecule has 8 heteroatoms. The van der Waals surface area contributed by atoms with E-state index in [1.54, 1.807) is 6.07 Å². The predicted octanol–water partition coefficient (Wildman–Crippen LogP) is 2.85. The Bertz CT molecular complexity index is 1220. The SMILES string of the molecule is Nc1ncnc2c1c(C#Cc1cccc(C(=O)NC3CC3)c1)cn2CCOC1CCCCO1.